The highest BCUT2D eigenvalue weighted by atomic mass is 35.5. The summed E-state index contributed by atoms with van der Waals surface area (Å²) in [4.78, 5) is 1.18. The van der Waals surface area contributed by atoms with Gasteiger partial charge in [0.2, 0.25) is 0 Å². The van der Waals surface area contributed by atoms with Gasteiger partial charge in [-0.1, -0.05) is 82.6 Å². The Morgan fingerprint density at radius 2 is 1.37 bits per heavy atom. The first-order valence-electron chi connectivity index (χ1n) is 8.89. The van der Waals surface area contributed by atoms with Gasteiger partial charge in [-0.3, -0.25) is 0 Å². The molecule has 2 rings (SSSR count). The third-order valence-electron chi connectivity index (χ3n) is 4.52. The maximum absolute atomic E-state index is 11.0. The van der Waals surface area contributed by atoms with Crippen LogP contribution in [0.1, 0.15) is 63.8 Å². The number of aryl methyl sites for hydroxylation is 1. The van der Waals surface area contributed by atoms with Crippen LogP contribution >= 0.6 is 35.0 Å². The quantitative estimate of drug-likeness (QED) is 0.514. The van der Waals surface area contributed by atoms with Crippen molar-refractivity contribution in [3.63, 3.8) is 0 Å². The Kier molecular flexibility index (Phi) is 6.12. The number of phenols is 2. The molecule has 0 amide bonds. The molecular weight excluding hydrogens is 399 g/mol. The van der Waals surface area contributed by atoms with Crippen LogP contribution in [0.5, 0.6) is 11.5 Å². The third kappa shape index (κ3) is 4.36. The number of hydrogen-bond acceptors (Lipinski definition) is 3. The van der Waals surface area contributed by atoms with Crippen LogP contribution in [0.3, 0.4) is 0 Å². The molecule has 5 heteroatoms. The molecular formula is C22H28Cl2O2S. The smallest absolute Gasteiger partial charge is 0.136 e. The Morgan fingerprint density at radius 3 is 1.85 bits per heavy atom. The molecule has 0 aliphatic rings. The molecule has 0 spiro atoms. The molecule has 0 radical (unpaired) electrons. The predicted octanol–water partition coefficient (Wildman–Crippen LogP) is 7.77. The van der Waals surface area contributed by atoms with Gasteiger partial charge < -0.3 is 10.2 Å². The van der Waals surface area contributed by atoms with E-state index in [-0.39, 0.29) is 22.3 Å². The summed E-state index contributed by atoms with van der Waals surface area (Å²) in [5, 5.41) is 22.8. The normalized spacial score (nSPS) is 12.5. The average Bonchev–Trinajstić information content (AvgIpc) is 2.50. The van der Waals surface area contributed by atoms with E-state index in [1.165, 1.54) is 11.8 Å². The highest BCUT2D eigenvalue weighted by Crippen LogP contribution is 2.52. The zero-order chi connectivity index (χ0) is 20.9. The maximum Gasteiger partial charge on any atom is 0.136 e. The number of benzene rings is 2. The van der Waals surface area contributed by atoms with Crippen molar-refractivity contribution >= 4 is 35.0 Å². The van der Waals surface area contributed by atoms with Crippen LogP contribution in [0.4, 0.5) is 0 Å². The van der Waals surface area contributed by atoms with Gasteiger partial charge in [-0.15, -0.1) is 0 Å². The highest BCUT2D eigenvalue weighted by molar-refractivity contribution is 7.99. The van der Waals surface area contributed by atoms with Gasteiger partial charge in [0.05, 0.1) is 19.8 Å². The predicted molar refractivity (Wildman–Crippen MR) is 117 cm³/mol. The minimum Gasteiger partial charge on any atom is -0.506 e. The van der Waals surface area contributed by atoms with Gasteiger partial charge in [0, 0.05) is 11.1 Å². The monoisotopic (exact) mass is 426 g/mol. The number of aromatic hydroxyl groups is 2. The van der Waals surface area contributed by atoms with E-state index < -0.39 is 0 Å². The summed E-state index contributed by atoms with van der Waals surface area (Å²) in [6.07, 6.45) is 0. The average molecular weight is 427 g/mol. The molecule has 0 bridgehead atoms. The van der Waals surface area contributed by atoms with Crippen LogP contribution in [0.25, 0.3) is 0 Å². The maximum atomic E-state index is 11.0. The van der Waals surface area contributed by atoms with Crippen LogP contribution < -0.4 is 0 Å². The fourth-order valence-electron chi connectivity index (χ4n) is 3.06. The van der Waals surface area contributed by atoms with Crippen molar-refractivity contribution in [1.29, 1.82) is 0 Å². The molecule has 148 valence electrons. The molecule has 0 unspecified atom stereocenters. The Labute approximate surface area is 176 Å². The van der Waals surface area contributed by atoms with Gasteiger partial charge in [0.15, 0.2) is 0 Å². The zero-order valence-electron chi connectivity index (χ0n) is 17.2. The van der Waals surface area contributed by atoms with Crippen molar-refractivity contribution in [3.8, 4) is 11.5 Å². The van der Waals surface area contributed by atoms with Crippen molar-refractivity contribution in [2.75, 3.05) is 0 Å². The van der Waals surface area contributed by atoms with E-state index >= 15 is 0 Å². The summed E-state index contributed by atoms with van der Waals surface area (Å²) in [5.41, 5.74) is 2.74. The van der Waals surface area contributed by atoms with E-state index in [2.05, 4.69) is 20.8 Å². The Bertz CT molecular complexity index is 891. The molecule has 0 atom stereocenters. The lowest BCUT2D eigenvalue weighted by molar-refractivity contribution is 0.432. The lowest BCUT2D eigenvalue weighted by Gasteiger charge is -2.26. The Morgan fingerprint density at radius 1 is 0.815 bits per heavy atom. The van der Waals surface area contributed by atoms with Crippen LogP contribution in [0.2, 0.25) is 10.0 Å². The first-order valence-corrected chi connectivity index (χ1v) is 10.5. The minimum absolute atomic E-state index is 0.0753. The second-order valence-corrected chi connectivity index (χ2v) is 10.9. The highest BCUT2D eigenvalue weighted by Gasteiger charge is 2.29. The van der Waals surface area contributed by atoms with Crippen LogP contribution in [-0.2, 0) is 10.8 Å². The molecule has 0 saturated carbocycles. The molecule has 0 heterocycles. The summed E-state index contributed by atoms with van der Waals surface area (Å²) >= 11 is 14.3. The van der Waals surface area contributed by atoms with Crippen LogP contribution in [0.15, 0.2) is 21.9 Å². The van der Waals surface area contributed by atoms with Gasteiger partial charge in [0.1, 0.15) is 11.5 Å². The molecule has 2 aromatic carbocycles. The van der Waals surface area contributed by atoms with Gasteiger partial charge >= 0.3 is 0 Å². The van der Waals surface area contributed by atoms with Crippen LogP contribution in [0, 0.1) is 13.8 Å². The molecule has 27 heavy (non-hydrogen) atoms. The Balaban J connectivity index is 2.73. The number of rotatable bonds is 2. The topological polar surface area (TPSA) is 40.5 Å². The van der Waals surface area contributed by atoms with Gasteiger partial charge in [-0.2, -0.15) is 0 Å². The van der Waals surface area contributed by atoms with E-state index in [0.717, 1.165) is 16.7 Å². The van der Waals surface area contributed by atoms with Crippen molar-refractivity contribution < 1.29 is 10.2 Å². The standard InChI is InChI=1S/C22H28Cl2O2S/c1-11-9-13(21(3,4)5)18(25)14(10-11)27-20-17(24)12(2)16(23)15(19(20)26)22(6,7)8/h9-10,25-26H,1-8H3. The number of phenolic OH excluding ortho intramolecular Hbond substituents is 2. The molecule has 0 aliphatic carbocycles. The van der Waals surface area contributed by atoms with E-state index in [4.69, 9.17) is 23.2 Å². The SMILES string of the molecule is Cc1cc(Sc2c(O)c(C(C)(C)C)c(Cl)c(C)c2Cl)c(O)c(C(C)(C)C)c1. The number of hydrogen-bond donors (Lipinski definition) is 2. The summed E-state index contributed by atoms with van der Waals surface area (Å²) in [7, 11) is 0. The molecule has 2 N–H and O–H groups in total. The second-order valence-electron chi connectivity index (χ2n) is 9.07. The van der Waals surface area contributed by atoms with E-state index in [1.807, 2.05) is 46.8 Å². The number of halogens is 2. The first-order chi connectivity index (χ1) is 12.2. The van der Waals surface area contributed by atoms with Gasteiger partial charge in [-0.25, -0.2) is 0 Å². The Hall–Kier alpha value is -1.03. The molecule has 2 aromatic rings. The van der Waals surface area contributed by atoms with Gasteiger partial charge in [0.25, 0.3) is 0 Å². The summed E-state index contributed by atoms with van der Waals surface area (Å²) in [5.74, 6) is 0.296. The molecule has 2 nitrogen and oxygen atoms in total. The lowest BCUT2D eigenvalue weighted by atomic mass is 9.85. The first kappa shape index (κ1) is 22.3. The largest absolute Gasteiger partial charge is 0.506 e. The van der Waals surface area contributed by atoms with E-state index in [0.29, 0.717) is 25.4 Å². The van der Waals surface area contributed by atoms with Gasteiger partial charge in [-0.05, 0) is 41.9 Å². The third-order valence-corrected chi connectivity index (χ3v) is 6.71. The fraction of sp³-hybridized carbons (Fsp3) is 0.455. The minimum atomic E-state index is -0.350. The molecule has 0 aromatic heterocycles. The van der Waals surface area contributed by atoms with Crippen LogP contribution in [-0.4, -0.2) is 10.2 Å². The summed E-state index contributed by atoms with van der Waals surface area (Å²) < 4.78 is 0. The van der Waals surface area contributed by atoms with Crippen molar-refractivity contribution in [2.45, 2.75) is 76.0 Å². The summed E-state index contributed by atoms with van der Waals surface area (Å²) in [6.45, 7) is 16.0. The molecule has 0 fully saturated rings. The lowest BCUT2D eigenvalue weighted by Crippen LogP contribution is -2.13. The van der Waals surface area contributed by atoms with Crippen molar-refractivity contribution in [2.24, 2.45) is 0 Å². The summed E-state index contributed by atoms with van der Waals surface area (Å²) in [6, 6.07) is 3.90. The second kappa shape index (κ2) is 7.42. The van der Waals surface area contributed by atoms with E-state index in [9.17, 15) is 10.2 Å². The van der Waals surface area contributed by atoms with E-state index in [1.54, 1.807) is 0 Å². The molecule has 0 aliphatic heterocycles. The molecule has 0 saturated heterocycles. The fourth-order valence-corrected chi connectivity index (χ4v) is 4.99. The zero-order valence-corrected chi connectivity index (χ0v) is 19.5. The van der Waals surface area contributed by atoms with Crippen molar-refractivity contribution in [1.82, 2.24) is 0 Å². The van der Waals surface area contributed by atoms with Crippen molar-refractivity contribution in [3.05, 3.63) is 44.4 Å².